The number of rotatable bonds is 2. The van der Waals surface area contributed by atoms with Crippen LogP contribution in [0.5, 0.6) is 0 Å². The largest absolute Gasteiger partial charge is 0.319 e. The molecule has 1 aliphatic rings. The van der Waals surface area contributed by atoms with Crippen molar-refractivity contribution in [2.75, 3.05) is 12.9 Å². The van der Waals surface area contributed by atoms with Crippen molar-refractivity contribution in [3.63, 3.8) is 0 Å². The third kappa shape index (κ3) is 3.23. The minimum Gasteiger partial charge on any atom is -0.319 e. The van der Waals surface area contributed by atoms with E-state index in [-0.39, 0.29) is 17.2 Å². The van der Waals surface area contributed by atoms with Crippen LogP contribution in [0, 0.1) is 11.3 Å². The minimum absolute atomic E-state index is 0.0205. The van der Waals surface area contributed by atoms with E-state index in [1.165, 1.54) is 6.42 Å². The Morgan fingerprint density at radius 1 is 1.67 bits per heavy atom. The number of hydrogen-bond acceptors (Lipinski definition) is 1. The predicted octanol–water partition coefficient (Wildman–Crippen LogP) is 3.02. The fraction of sp³-hybridized carbons (Fsp3) is 0.750. The van der Waals surface area contributed by atoms with Crippen molar-refractivity contribution in [1.82, 2.24) is 4.90 Å². The van der Waals surface area contributed by atoms with Crippen LogP contribution in [0.25, 0.3) is 0 Å². The van der Waals surface area contributed by atoms with Gasteiger partial charge in [-0.05, 0) is 24.2 Å². The van der Waals surface area contributed by atoms with Gasteiger partial charge in [0.15, 0.2) is 0 Å². The summed E-state index contributed by atoms with van der Waals surface area (Å²) in [4.78, 5) is 13.2. The number of nitrogens with zero attached hydrogens (tertiary/aromatic N) is 1. The van der Waals surface area contributed by atoms with Crippen molar-refractivity contribution < 1.29 is 4.79 Å². The van der Waals surface area contributed by atoms with Crippen LogP contribution in [0.3, 0.4) is 0 Å². The molecule has 0 fully saturated rings. The summed E-state index contributed by atoms with van der Waals surface area (Å²) < 4.78 is 0. The maximum Gasteiger partial charge on any atom is 0.241 e. The van der Waals surface area contributed by atoms with E-state index < -0.39 is 0 Å². The number of alkyl halides is 1. The van der Waals surface area contributed by atoms with Gasteiger partial charge in [0, 0.05) is 12.7 Å². The van der Waals surface area contributed by atoms with Crippen LogP contribution in [-0.4, -0.2) is 23.7 Å². The van der Waals surface area contributed by atoms with Crippen LogP contribution < -0.4 is 0 Å². The van der Waals surface area contributed by atoms with Crippen LogP contribution in [0.4, 0.5) is 0 Å². The summed E-state index contributed by atoms with van der Waals surface area (Å²) in [7, 11) is 1.81. The molecule has 86 valence electrons. The first kappa shape index (κ1) is 12.6. The Labute approximate surface area is 97.3 Å². The van der Waals surface area contributed by atoms with Crippen LogP contribution in [0.2, 0.25) is 0 Å². The number of hydrogen-bond donors (Lipinski definition) is 0. The monoisotopic (exact) mass is 229 g/mol. The molecule has 1 unspecified atom stereocenters. The van der Waals surface area contributed by atoms with E-state index in [0.717, 1.165) is 12.1 Å². The lowest BCUT2D eigenvalue weighted by Gasteiger charge is -2.35. The highest BCUT2D eigenvalue weighted by Gasteiger charge is 2.28. The Kier molecular flexibility index (Phi) is 3.82. The quantitative estimate of drug-likeness (QED) is 0.667. The highest BCUT2D eigenvalue weighted by molar-refractivity contribution is 6.27. The van der Waals surface area contributed by atoms with Crippen molar-refractivity contribution in [1.29, 1.82) is 0 Å². The lowest BCUT2D eigenvalue weighted by molar-refractivity contribution is -0.125. The van der Waals surface area contributed by atoms with Crippen molar-refractivity contribution in [2.45, 2.75) is 33.6 Å². The molecule has 0 spiro atoms. The van der Waals surface area contributed by atoms with Crippen LogP contribution in [0.15, 0.2) is 11.8 Å². The smallest absolute Gasteiger partial charge is 0.241 e. The standard InChI is InChI=1S/C12H20ClNO/c1-9-5-10(7-12(2,3)6-9)14(4)11(15)8-13/h7,9H,5-6,8H2,1-4H3. The molecule has 0 aromatic heterocycles. The molecule has 0 saturated carbocycles. The van der Waals surface area contributed by atoms with Crippen molar-refractivity contribution in [2.24, 2.45) is 11.3 Å². The van der Waals surface area contributed by atoms with Gasteiger partial charge in [-0.2, -0.15) is 0 Å². The second-order valence-electron chi connectivity index (χ2n) is 5.22. The Morgan fingerprint density at radius 3 is 2.73 bits per heavy atom. The molecule has 1 rings (SSSR count). The summed E-state index contributed by atoms with van der Waals surface area (Å²) >= 11 is 5.56. The summed E-state index contributed by atoms with van der Waals surface area (Å²) in [5, 5.41) is 0. The van der Waals surface area contributed by atoms with Gasteiger partial charge in [0.25, 0.3) is 0 Å². The van der Waals surface area contributed by atoms with Crippen molar-refractivity contribution in [3.05, 3.63) is 11.8 Å². The maximum atomic E-state index is 11.5. The highest BCUT2D eigenvalue weighted by atomic mass is 35.5. The van der Waals surface area contributed by atoms with E-state index in [9.17, 15) is 4.79 Å². The van der Waals surface area contributed by atoms with Gasteiger partial charge in [-0.1, -0.05) is 26.8 Å². The first-order valence-electron chi connectivity index (χ1n) is 5.40. The minimum atomic E-state index is -0.0205. The summed E-state index contributed by atoms with van der Waals surface area (Å²) in [5.74, 6) is 0.668. The van der Waals surface area contributed by atoms with E-state index in [4.69, 9.17) is 11.6 Å². The summed E-state index contributed by atoms with van der Waals surface area (Å²) in [5.41, 5.74) is 1.30. The average molecular weight is 230 g/mol. The third-order valence-corrected chi connectivity index (χ3v) is 3.14. The SMILES string of the molecule is CC1CC(N(C)C(=O)CCl)=CC(C)(C)C1. The molecular formula is C12H20ClNO. The van der Waals surface area contributed by atoms with E-state index in [2.05, 4.69) is 26.8 Å². The molecule has 1 atom stereocenters. The molecule has 0 aromatic rings. The normalized spacial score (nSPS) is 24.6. The Morgan fingerprint density at radius 2 is 2.27 bits per heavy atom. The molecule has 0 radical (unpaired) electrons. The fourth-order valence-corrected chi connectivity index (χ4v) is 2.56. The molecule has 3 heteroatoms. The number of carbonyl (C=O) groups is 1. The fourth-order valence-electron chi connectivity index (χ4n) is 2.38. The van der Waals surface area contributed by atoms with Gasteiger partial charge in [0.1, 0.15) is 5.88 Å². The molecule has 0 aromatic carbocycles. The lowest BCUT2D eigenvalue weighted by Crippen LogP contribution is -2.32. The summed E-state index contributed by atoms with van der Waals surface area (Å²) in [6.07, 6.45) is 4.36. The zero-order valence-corrected chi connectivity index (χ0v) is 10.8. The summed E-state index contributed by atoms with van der Waals surface area (Å²) in [6.45, 7) is 6.65. The molecule has 0 bridgehead atoms. The van der Waals surface area contributed by atoms with Gasteiger partial charge >= 0.3 is 0 Å². The topological polar surface area (TPSA) is 20.3 Å². The van der Waals surface area contributed by atoms with Crippen molar-refractivity contribution >= 4 is 17.5 Å². The number of amides is 1. The molecule has 1 aliphatic carbocycles. The Hall–Kier alpha value is -0.500. The maximum absolute atomic E-state index is 11.5. The van der Waals surface area contributed by atoms with Gasteiger partial charge in [-0.15, -0.1) is 11.6 Å². The van der Waals surface area contributed by atoms with Gasteiger partial charge in [-0.3, -0.25) is 4.79 Å². The zero-order valence-electron chi connectivity index (χ0n) is 10.0. The number of allylic oxidation sites excluding steroid dienone is 2. The van der Waals surface area contributed by atoms with Crippen LogP contribution in [0.1, 0.15) is 33.6 Å². The van der Waals surface area contributed by atoms with Gasteiger partial charge < -0.3 is 4.90 Å². The van der Waals surface area contributed by atoms with E-state index in [1.54, 1.807) is 4.90 Å². The second kappa shape index (κ2) is 4.56. The second-order valence-corrected chi connectivity index (χ2v) is 5.49. The zero-order chi connectivity index (χ0) is 11.6. The van der Waals surface area contributed by atoms with E-state index >= 15 is 0 Å². The molecule has 15 heavy (non-hydrogen) atoms. The van der Waals surface area contributed by atoms with Gasteiger partial charge in [-0.25, -0.2) is 0 Å². The molecule has 1 amide bonds. The predicted molar refractivity (Wildman–Crippen MR) is 63.8 cm³/mol. The third-order valence-electron chi connectivity index (χ3n) is 2.91. The Balaban J connectivity index is 2.85. The molecule has 2 nitrogen and oxygen atoms in total. The molecular weight excluding hydrogens is 210 g/mol. The van der Waals surface area contributed by atoms with Gasteiger partial charge in [0.05, 0.1) is 0 Å². The molecule has 0 N–H and O–H groups in total. The lowest BCUT2D eigenvalue weighted by atomic mass is 9.76. The number of halogens is 1. The van der Waals surface area contributed by atoms with Gasteiger partial charge in [0.2, 0.25) is 5.91 Å². The first-order chi connectivity index (χ1) is 6.85. The average Bonchev–Trinajstić information content (AvgIpc) is 2.12. The Bertz CT molecular complexity index is 283. The van der Waals surface area contributed by atoms with Crippen molar-refractivity contribution in [3.8, 4) is 0 Å². The highest BCUT2D eigenvalue weighted by Crippen LogP contribution is 2.37. The van der Waals surface area contributed by atoms with Crippen LogP contribution in [-0.2, 0) is 4.79 Å². The molecule has 0 aliphatic heterocycles. The molecule has 0 heterocycles. The summed E-state index contributed by atoms with van der Waals surface area (Å²) in [6, 6.07) is 0. The first-order valence-corrected chi connectivity index (χ1v) is 5.93. The van der Waals surface area contributed by atoms with Crippen LogP contribution >= 0.6 is 11.6 Å². The van der Waals surface area contributed by atoms with E-state index in [1.807, 2.05) is 7.05 Å². The molecule has 0 saturated heterocycles. The number of carbonyl (C=O) groups excluding carboxylic acids is 1. The van der Waals surface area contributed by atoms with E-state index in [0.29, 0.717) is 5.92 Å².